The van der Waals surface area contributed by atoms with Crippen molar-refractivity contribution in [3.8, 4) is 0 Å². The molecule has 2 aliphatic rings. The third-order valence-electron chi connectivity index (χ3n) is 5.65. The molecule has 0 spiro atoms. The van der Waals surface area contributed by atoms with Crippen molar-refractivity contribution >= 4 is 17.5 Å². The minimum absolute atomic E-state index is 0.0163. The molecular weight excluding hydrogens is 364 g/mol. The van der Waals surface area contributed by atoms with Crippen LogP contribution < -0.4 is 10.6 Å². The first-order chi connectivity index (χ1) is 14.2. The Hall–Kier alpha value is -2.73. The van der Waals surface area contributed by atoms with Crippen LogP contribution >= 0.6 is 0 Å². The van der Waals surface area contributed by atoms with Gasteiger partial charge in [-0.1, -0.05) is 6.07 Å². The van der Waals surface area contributed by atoms with Crippen molar-refractivity contribution in [2.45, 2.75) is 44.7 Å². The first-order valence-electron chi connectivity index (χ1n) is 10.5. The molecule has 2 amide bonds. The van der Waals surface area contributed by atoms with E-state index < -0.39 is 0 Å². The highest BCUT2D eigenvalue weighted by Gasteiger charge is 2.30. The van der Waals surface area contributed by atoms with Gasteiger partial charge in [0.1, 0.15) is 0 Å². The van der Waals surface area contributed by atoms with Gasteiger partial charge in [-0.25, -0.2) is 0 Å². The lowest BCUT2D eigenvalue weighted by molar-refractivity contribution is -0.117. The molecule has 0 bridgehead atoms. The van der Waals surface area contributed by atoms with Crippen LogP contribution in [0.15, 0.2) is 48.7 Å². The van der Waals surface area contributed by atoms with E-state index in [1.54, 1.807) is 6.20 Å². The number of aromatic nitrogens is 1. The molecule has 1 aliphatic heterocycles. The molecule has 152 valence electrons. The Morgan fingerprint density at radius 3 is 2.59 bits per heavy atom. The molecule has 1 saturated heterocycles. The second-order valence-corrected chi connectivity index (χ2v) is 7.93. The van der Waals surface area contributed by atoms with Gasteiger partial charge in [-0.15, -0.1) is 0 Å². The summed E-state index contributed by atoms with van der Waals surface area (Å²) in [5, 5.41) is 6.35. The number of hydrogen-bond donors (Lipinski definition) is 2. The van der Waals surface area contributed by atoms with Gasteiger partial charge in [0.2, 0.25) is 5.91 Å². The highest BCUT2D eigenvalue weighted by molar-refractivity contribution is 5.97. The van der Waals surface area contributed by atoms with Crippen LogP contribution in [-0.2, 0) is 11.3 Å². The van der Waals surface area contributed by atoms with E-state index in [2.05, 4.69) is 15.6 Å². The fourth-order valence-corrected chi connectivity index (χ4v) is 3.80. The Bertz CT molecular complexity index is 826. The van der Waals surface area contributed by atoms with E-state index in [0.717, 1.165) is 56.6 Å². The zero-order valence-electron chi connectivity index (χ0n) is 16.6. The number of amides is 2. The van der Waals surface area contributed by atoms with E-state index in [1.807, 2.05) is 47.4 Å². The highest BCUT2D eigenvalue weighted by atomic mass is 16.2. The molecule has 1 aromatic heterocycles. The quantitative estimate of drug-likeness (QED) is 0.792. The Kier molecular flexibility index (Phi) is 6.20. The van der Waals surface area contributed by atoms with Gasteiger partial charge in [0, 0.05) is 29.4 Å². The fraction of sp³-hybridized carbons (Fsp3) is 0.435. The average molecular weight is 393 g/mol. The molecule has 4 rings (SSSR count). The van der Waals surface area contributed by atoms with Gasteiger partial charge in [0.05, 0.1) is 12.2 Å². The molecule has 1 atom stereocenters. The van der Waals surface area contributed by atoms with Crippen molar-refractivity contribution in [3.05, 3.63) is 59.9 Å². The summed E-state index contributed by atoms with van der Waals surface area (Å²) in [6.07, 6.45) is 6.70. The number of carbonyl (C=O) groups is 2. The summed E-state index contributed by atoms with van der Waals surface area (Å²) in [6.45, 7) is 2.42. The number of hydrogen-bond acceptors (Lipinski definition) is 4. The maximum atomic E-state index is 13.4. The second-order valence-electron chi connectivity index (χ2n) is 7.93. The third-order valence-corrected chi connectivity index (χ3v) is 5.65. The van der Waals surface area contributed by atoms with Crippen molar-refractivity contribution < 1.29 is 9.59 Å². The molecule has 2 fully saturated rings. The van der Waals surface area contributed by atoms with Crippen LogP contribution in [0.4, 0.5) is 5.69 Å². The predicted octanol–water partition coefficient (Wildman–Crippen LogP) is 3.21. The molecule has 0 radical (unpaired) electrons. The van der Waals surface area contributed by atoms with Crippen LogP contribution in [0.25, 0.3) is 0 Å². The van der Waals surface area contributed by atoms with Crippen LogP contribution in [0.2, 0.25) is 0 Å². The summed E-state index contributed by atoms with van der Waals surface area (Å²) >= 11 is 0. The van der Waals surface area contributed by atoms with Crippen LogP contribution in [0, 0.1) is 5.92 Å². The summed E-state index contributed by atoms with van der Waals surface area (Å²) in [6, 6.07) is 13.3. The van der Waals surface area contributed by atoms with E-state index in [4.69, 9.17) is 0 Å². The summed E-state index contributed by atoms with van der Waals surface area (Å²) in [5.74, 6) is 0.253. The summed E-state index contributed by atoms with van der Waals surface area (Å²) < 4.78 is 0. The second kappa shape index (κ2) is 9.18. The maximum Gasteiger partial charge on any atom is 0.254 e. The van der Waals surface area contributed by atoms with Gasteiger partial charge < -0.3 is 15.5 Å². The lowest BCUT2D eigenvalue weighted by atomic mass is 10.0. The van der Waals surface area contributed by atoms with Gasteiger partial charge >= 0.3 is 0 Å². The zero-order chi connectivity index (χ0) is 20.1. The minimum atomic E-state index is 0.0163. The van der Waals surface area contributed by atoms with Crippen LogP contribution in [-0.4, -0.2) is 40.8 Å². The van der Waals surface area contributed by atoms with E-state index in [1.165, 1.54) is 0 Å². The number of pyridine rings is 1. The lowest BCUT2D eigenvalue weighted by Crippen LogP contribution is -2.40. The first-order valence-corrected chi connectivity index (χ1v) is 10.5. The van der Waals surface area contributed by atoms with Crippen molar-refractivity contribution in [1.29, 1.82) is 0 Å². The van der Waals surface area contributed by atoms with Crippen molar-refractivity contribution in [3.63, 3.8) is 0 Å². The Morgan fingerprint density at radius 2 is 1.86 bits per heavy atom. The molecule has 1 saturated carbocycles. The summed E-state index contributed by atoms with van der Waals surface area (Å²) in [7, 11) is 0. The van der Waals surface area contributed by atoms with E-state index in [9.17, 15) is 9.59 Å². The number of nitrogens with zero attached hydrogens (tertiary/aromatic N) is 2. The van der Waals surface area contributed by atoms with Crippen molar-refractivity contribution in [2.75, 3.05) is 18.4 Å². The van der Waals surface area contributed by atoms with Crippen LogP contribution in [0.5, 0.6) is 0 Å². The minimum Gasteiger partial charge on any atom is -0.330 e. The Morgan fingerprint density at radius 1 is 1.03 bits per heavy atom. The van der Waals surface area contributed by atoms with E-state index >= 15 is 0 Å². The van der Waals surface area contributed by atoms with Gasteiger partial charge in [0.25, 0.3) is 5.91 Å². The molecule has 2 heterocycles. The molecular formula is C23H28N4O2. The van der Waals surface area contributed by atoms with Gasteiger partial charge in [-0.05, 0) is 81.6 Å². The highest BCUT2D eigenvalue weighted by Crippen LogP contribution is 2.30. The van der Waals surface area contributed by atoms with Crippen molar-refractivity contribution in [1.82, 2.24) is 15.2 Å². The Balaban J connectivity index is 1.50. The van der Waals surface area contributed by atoms with Crippen molar-refractivity contribution in [2.24, 2.45) is 5.92 Å². The van der Waals surface area contributed by atoms with Gasteiger partial charge in [0.15, 0.2) is 0 Å². The average Bonchev–Trinajstić information content (AvgIpc) is 3.60. The maximum absolute atomic E-state index is 13.4. The monoisotopic (exact) mass is 392 g/mol. The lowest BCUT2D eigenvalue weighted by Gasteiger charge is -2.31. The zero-order valence-corrected chi connectivity index (χ0v) is 16.6. The fourth-order valence-electron chi connectivity index (χ4n) is 3.80. The smallest absolute Gasteiger partial charge is 0.254 e. The molecule has 6 heteroatoms. The van der Waals surface area contributed by atoms with Crippen LogP contribution in [0.3, 0.4) is 0 Å². The van der Waals surface area contributed by atoms with E-state index in [-0.39, 0.29) is 23.8 Å². The van der Waals surface area contributed by atoms with Gasteiger partial charge in [-0.3, -0.25) is 14.6 Å². The predicted molar refractivity (Wildman–Crippen MR) is 112 cm³/mol. The van der Waals surface area contributed by atoms with Gasteiger partial charge in [-0.2, -0.15) is 0 Å². The summed E-state index contributed by atoms with van der Waals surface area (Å²) in [4.78, 5) is 31.7. The standard InChI is InChI=1S/C23H28N4O2/c28-22(17-6-7-17)26-19-10-8-18(9-11-19)23(29)27(16-20-4-1-2-14-25-20)21-5-3-13-24-15-12-21/h1-2,4,8-11,14,17,21,24H,3,5-7,12-13,15-16H2,(H,26,28). The number of carbonyl (C=O) groups excluding carboxylic acids is 2. The number of anilines is 1. The largest absolute Gasteiger partial charge is 0.330 e. The van der Waals surface area contributed by atoms with E-state index in [0.29, 0.717) is 12.1 Å². The Labute approximate surface area is 171 Å². The normalized spacial score (nSPS) is 19.2. The number of rotatable bonds is 6. The molecule has 1 aromatic carbocycles. The molecule has 1 aliphatic carbocycles. The molecule has 29 heavy (non-hydrogen) atoms. The molecule has 6 nitrogen and oxygen atoms in total. The number of nitrogens with one attached hydrogen (secondary N) is 2. The molecule has 2 N–H and O–H groups in total. The van der Waals surface area contributed by atoms with Crippen LogP contribution in [0.1, 0.15) is 48.2 Å². The molecule has 2 aromatic rings. The molecule has 1 unspecified atom stereocenters. The number of benzene rings is 1. The third kappa shape index (κ3) is 5.21. The first kappa shape index (κ1) is 19.6. The SMILES string of the molecule is O=C(Nc1ccc(C(=O)N(Cc2ccccn2)C2CCCNCC2)cc1)C1CC1. The summed E-state index contributed by atoms with van der Waals surface area (Å²) in [5.41, 5.74) is 2.28. The topological polar surface area (TPSA) is 74.3 Å².